The molecular formula is C22H25NO6S. The molecule has 2 N–H and O–H groups in total. The molecule has 1 saturated heterocycles. The van der Waals surface area contributed by atoms with Crippen LogP contribution in [0.25, 0.3) is 0 Å². The minimum Gasteiger partial charge on any atom is -0.491 e. The molecule has 2 aliphatic rings. The molecule has 7 nitrogen and oxygen atoms in total. The number of aliphatic hydroxyl groups excluding tert-OH is 1. The Morgan fingerprint density at radius 3 is 2.97 bits per heavy atom. The van der Waals surface area contributed by atoms with Crippen LogP contribution in [0.3, 0.4) is 0 Å². The van der Waals surface area contributed by atoms with E-state index in [0.29, 0.717) is 22.8 Å². The molecule has 0 radical (unpaired) electrons. The van der Waals surface area contributed by atoms with Crippen LogP contribution in [0.2, 0.25) is 0 Å². The molecular weight excluding hydrogens is 406 g/mol. The van der Waals surface area contributed by atoms with Gasteiger partial charge >= 0.3 is 0 Å². The summed E-state index contributed by atoms with van der Waals surface area (Å²) in [6.07, 6.45) is 1.57. The Morgan fingerprint density at radius 2 is 2.10 bits per heavy atom. The van der Waals surface area contributed by atoms with Gasteiger partial charge in [-0.2, -0.15) is 0 Å². The minimum atomic E-state index is -0.842. The van der Waals surface area contributed by atoms with E-state index in [0.717, 1.165) is 30.1 Å². The van der Waals surface area contributed by atoms with Crippen LogP contribution in [-0.4, -0.2) is 55.5 Å². The number of nitrogens with one attached hydrogen (secondary N) is 1. The largest absolute Gasteiger partial charge is 0.491 e. The number of hydrogen-bond donors (Lipinski definition) is 2. The molecule has 2 heterocycles. The summed E-state index contributed by atoms with van der Waals surface area (Å²) in [5, 5.41) is 13.0. The third-order valence-corrected chi connectivity index (χ3v) is 6.07. The van der Waals surface area contributed by atoms with Crippen molar-refractivity contribution in [3.05, 3.63) is 48.0 Å². The van der Waals surface area contributed by atoms with Gasteiger partial charge in [-0.3, -0.25) is 4.79 Å². The monoisotopic (exact) mass is 431 g/mol. The highest BCUT2D eigenvalue weighted by molar-refractivity contribution is 7.99. The molecule has 0 saturated carbocycles. The number of aliphatic hydroxyl groups is 1. The summed E-state index contributed by atoms with van der Waals surface area (Å²) in [5.41, 5.74) is 0.601. The maximum absolute atomic E-state index is 12.6. The van der Waals surface area contributed by atoms with Gasteiger partial charge in [-0.15, -0.1) is 11.8 Å². The van der Waals surface area contributed by atoms with Gasteiger partial charge in [-0.25, -0.2) is 0 Å². The first-order valence-electron chi connectivity index (χ1n) is 10.0. The Labute approximate surface area is 179 Å². The molecule has 2 unspecified atom stereocenters. The van der Waals surface area contributed by atoms with Crippen LogP contribution >= 0.6 is 11.8 Å². The first-order chi connectivity index (χ1) is 14.7. The van der Waals surface area contributed by atoms with Crippen molar-refractivity contribution >= 4 is 17.7 Å². The smallest absolute Gasteiger partial charge is 0.252 e. The highest BCUT2D eigenvalue weighted by Gasteiger charge is 2.19. The van der Waals surface area contributed by atoms with E-state index in [4.69, 9.17) is 18.9 Å². The van der Waals surface area contributed by atoms with Crippen molar-refractivity contribution < 1.29 is 28.8 Å². The number of carbonyl (C=O) groups is 1. The van der Waals surface area contributed by atoms with Crippen LogP contribution < -0.4 is 19.5 Å². The standard InChI is InChI=1S/C22H25NO6S/c24-15(12-27-16-7-8-19-20(10-16)29-14-28-19)11-23-22(25)18-5-1-2-6-21(18)30-13-17-4-3-9-26-17/h1-2,5-8,10,15,17,24H,3-4,9,11-14H2,(H,23,25). The van der Waals surface area contributed by atoms with Crippen molar-refractivity contribution in [1.29, 1.82) is 0 Å². The molecule has 0 spiro atoms. The molecule has 0 bridgehead atoms. The number of benzene rings is 2. The van der Waals surface area contributed by atoms with Crippen LogP contribution in [0.15, 0.2) is 47.4 Å². The number of fused-ring (bicyclic) bond motifs is 1. The SMILES string of the molecule is O=C(NCC(O)COc1ccc2c(c1)OCO2)c1ccccc1SCC1CCCO1. The lowest BCUT2D eigenvalue weighted by molar-refractivity contribution is 0.0841. The molecule has 2 aliphatic heterocycles. The lowest BCUT2D eigenvalue weighted by Crippen LogP contribution is -2.35. The molecule has 1 fully saturated rings. The molecule has 0 aliphatic carbocycles. The van der Waals surface area contributed by atoms with Gasteiger partial charge in [0.25, 0.3) is 5.91 Å². The van der Waals surface area contributed by atoms with E-state index in [2.05, 4.69) is 5.32 Å². The summed E-state index contributed by atoms with van der Waals surface area (Å²) in [4.78, 5) is 13.5. The summed E-state index contributed by atoms with van der Waals surface area (Å²) in [7, 11) is 0. The van der Waals surface area contributed by atoms with E-state index in [1.807, 2.05) is 18.2 Å². The topological polar surface area (TPSA) is 86.3 Å². The quantitative estimate of drug-likeness (QED) is 0.591. The fourth-order valence-electron chi connectivity index (χ4n) is 3.26. The van der Waals surface area contributed by atoms with E-state index in [1.54, 1.807) is 36.0 Å². The van der Waals surface area contributed by atoms with Gasteiger partial charge in [-0.1, -0.05) is 12.1 Å². The van der Waals surface area contributed by atoms with Gasteiger partial charge in [0.15, 0.2) is 11.5 Å². The molecule has 2 atom stereocenters. The summed E-state index contributed by atoms with van der Waals surface area (Å²) >= 11 is 1.63. The Kier molecular flexibility index (Phi) is 6.99. The average molecular weight is 432 g/mol. The molecule has 1 amide bonds. The molecule has 8 heteroatoms. The lowest BCUT2D eigenvalue weighted by atomic mass is 10.2. The predicted octanol–water partition coefficient (Wildman–Crippen LogP) is 2.86. The fourth-order valence-corrected chi connectivity index (χ4v) is 4.38. The van der Waals surface area contributed by atoms with Crippen LogP contribution in [0, 0.1) is 0 Å². The van der Waals surface area contributed by atoms with Crippen molar-refractivity contribution in [3.8, 4) is 17.2 Å². The average Bonchev–Trinajstić information content (AvgIpc) is 3.46. The third kappa shape index (κ3) is 5.38. The van der Waals surface area contributed by atoms with Crippen LogP contribution in [0.4, 0.5) is 0 Å². The van der Waals surface area contributed by atoms with Gasteiger partial charge in [-0.05, 0) is 37.1 Å². The van der Waals surface area contributed by atoms with E-state index < -0.39 is 6.10 Å². The number of amides is 1. The van der Waals surface area contributed by atoms with Gasteiger partial charge in [0, 0.05) is 29.9 Å². The summed E-state index contributed by atoms with van der Waals surface area (Å²) in [6, 6.07) is 12.7. The number of carbonyl (C=O) groups excluding carboxylic acids is 1. The zero-order chi connectivity index (χ0) is 20.8. The zero-order valence-corrected chi connectivity index (χ0v) is 17.4. The highest BCUT2D eigenvalue weighted by atomic mass is 32.2. The molecule has 4 rings (SSSR count). The first kappa shape index (κ1) is 20.8. The first-order valence-corrected chi connectivity index (χ1v) is 11.0. The van der Waals surface area contributed by atoms with E-state index in [1.165, 1.54) is 0 Å². The third-order valence-electron chi connectivity index (χ3n) is 4.87. The Hall–Kier alpha value is -2.42. The van der Waals surface area contributed by atoms with Crippen molar-refractivity contribution in [2.75, 3.05) is 32.3 Å². The van der Waals surface area contributed by atoms with Crippen LogP contribution in [0.1, 0.15) is 23.2 Å². The minimum absolute atomic E-state index is 0.0509. The number of ether oxygens (including phenoxy) is 4. The second-order valence-corrected chi connectivity index (χ2v) is 8.19. The Morgan fingerprint density at radius 1 is 1.23 bits per heavy atom. The maximum Gasteiger partial charge on any atom is 0.252 e. The van der Waals surface area contributed by atoms with Gasteiger partial charge in [0.1, 0.15) is 18.5 Å². The molecule has 2 aromatic rings. The molecule has 2 aromatic carbocycles. The van der Waals surface area contributed by atoms with E-state index in [-0.39, 0.29) is 32.0 Å². The van der Waals surface area contributed by atoms with E-state index in [9.17, 15) is 9.90 Å². The Bertz CT molecular complexity index is 870. The lowest BCUT2D eigenvalue weighted by Gasteiger charge is -2.15. The fraction of sp³-hybridized carbons (Fsp3) is 0.409. The van der Waals surface area contributed by atoms with Gasteiger partial charge in [0.05, 0.1) is 11.7 Å². The van der Waals surface area contributed by atoms with Crippen LogP contribution in [-0.2, 0) is 4.74 Å². The number of hydrogen-bond acceptors (Lipinski definition) is 7. The van der Waals surface area contributed by atoms with Crippen molar-refractivity contribution in [2.45, 2.75) is 29.9 Å². The number of rotatable bonds is 9. The van der Waals surface area contributed by atoms with Crippen molar-refractivity contribution in [2.24, 2.45) is 0 Å². The van der Waals surface area contributed by atoms with Crippen molar-refractivity contribution in [3.63, 3.8) is 0 Å². The molecule has 30 heavy (non-hydrogen) atoms. The number of thioether (sulfide) groups is 1. The summed E-state index contributed by atoms with van der Waals surface area (Å²) < 4.78 is 21.8. The highest BCUT2D eigenvalue weighted by Crippen LogP contribution is 2.35. The normalized spacial score (nSPS) is 18.2. The summed E-state index contributed by atoms with van der Waals surface area (Å²) in [5.74, 6) is 2.47. The van der Waals surface area contributed by atoms with Gasteiger partial charge in [0.2, 0.25) is 6.79 Å². The predicted molar refractivity (Wildman–Crippen MR) is 113 cm³/mol. The van der Waals surface area contributed by atoms with Gasteiger partial charge < -0.3 is 29.4 Å². The second-order valence-electron chi connectivity index (χ2n) is 7.13. The van der Waals surface area contributed by atoms with Crippen LogP contribution in [0.5, 0.6) is 17.2 Å². The molecule has 0 aromatic heterocycles. The van der Waals surface area contributed by atoms with E-state index >= 15 is 0 Å². The zero-order valence-electron chi connectivity index (χ0n) is 16.5. The Balaban J connectivity index is 1.24. The molecule has 160 valence electrons. The van der Waals surface area contributed by atoms with Crippen molar-refractivity contribution in [1.82, 2.24) is 5.32 Å². The maximum atomic E-state index is 12.6. The summed E-state index contributed by atoms with van der Waals surface area (Å²) in [6.45, 7) is 1.16. The second kappa shape index (κ2) is 10.1.